The summed E-state index contributed by atoms with van der Waals surface area (Å²) >= 11 is 0. The van der Waals surface area contributed by atoms with E-state index in [2.05, 4.69) is 37.7 Å². The third kappa shape index (κ3) is 2.85. The summed E-state index contributed by atoms with van der Waals surface area (Å²) < 4.78 is 1.73. The first-order valence-corrected chi connectivity index (χ1v) is 10.6. The molecule has 3 heterocycles. The van der Waals surface area contributed by atoms with Crippen molar-refractivity contribution in [2.24, 2.45) is 29.1 Å². The highest BCUT2D eigenvalue weighted by Crippen LogP contribution is 2.59. The monoisotopic (exact) mass is 364 g/mol. The van der Waals surface area contributed by atoms with E-state index in [9.17, 15) is 0 Å². The van der Waals surface area contributed by atoms with Gasteiger partial charge >= 0.3 is 0 Å². The van der Waals surface area contributed by atoms with Gasteiger partial charge in [0, 0.05) is 13.1 Å². The van der Waals surface area contributed by atoms with Gasteiger partial charge in [0.2, 0.25) is 0 Å². The Hall–Kier alpha value is -1.95. The number of anilines is 1. The zero-order chi connectivity index (χ0) is 17.8. The van der Waals surface area contributed by atoms with Gasteiger partial charge in [-0.3, -0.25) is 0 Å². The van der Waals surface area contributed by atoms with Gasteiger partial charge < -0.3 is 10.2 Å². The predicted molar refractivity (Wildman–Crippen MR) is 104 cm³/mol. The van der Waals surface area contributed by atoms with Crippen LogP contribution in [0.5, 0.6) is 0 Å². The van der Waals surface area contributed by atoms with Crippen LogP contribution in [0.2, 0.25) is 0 Å². The van der Waals surface area contributed by atoms with Crippen LogP contribution in [-0.4, -0.2) is 50.9 Å². The maximum absolute atomic E-state index is 4.52. The molecule has 2 bridgehead atoms. The Morgan fingerprint density at radius 2 is 2.07 bits per heavy atom. The van der Waals surface area contributed by atoms with E-state index in [1.54, 1.807) is 10.8 Å². The number of hydrogen-bond donors (Lipinski definition) is 1. The Morgan fingerprint density at radius 3 is 2.89 bits per heavy atom. The van der Waals surface area contributed by atoms with Crippen LogP contribution in [0.1, 0.15) is 32.1 Å². The zero-order valence-corrected chi connectivity index (χ0v) is 15.8. The lowest BCUT2D eigenvalue weighted by atomic mass is 9.88. The summed E-state index contributed by atoms with van der Waals surface area (Å²) in [5.41, 5.74) is 1.40. The molecule has 1 saturated heterocycles. The molecule has 3 fully saturated rings. The second-order valence-electron chi connectivity index (χ2n) is 9.34. The molecule has 2 saturated carbocycles. The number of hydrogen-bond acceptors (Lipinski definition) is 5. The number of nitrogens with one attached hydrogen (secondary N) is 1. The summed E-state index contributed by atoms with van der Waals surface area (Å²) in [5, 5.41) is 16.0. The first-order valence-electron chi connectivity index (χ1n) is 10.6. The first-order chi connectivity index (χ1) is 13.3. The Morgan fingerprint density at radius 1 is 1.15 bits per heavy atom. The molecule has 142 valence electrons. The molecule has 0 aromatic carbocycles. The average Bonchev–Trinajstić information content (AvgIpc) is 3.14. The van der Waals surface area contributed by atoms with Crippen molar-refractivity contribution < 1.29 is 0 Å². The number of fused-ring (bicyclic) bond motifs is 3. The van der Waals surface area contributed by atoms with Gasteiger partial charge in [0.1, 0.15) is 12.1 Å². The molecular formula is C21H28N6. The van der Waals surface area contributed by atoms with Crippen LogP contribution in [0.15, 0.2) is 30.6 Å². The van der Waals surface area contributed by atoms with Crippen LogP contribution in [0.3, 0.4) is 0 Å². The first kappa shape index (κ1) is 16.0. The van der Waals surface area contributed by atoms with Crippen LogP contribution >= 0.6 is 0 Å². The summed E-state index contributed by atoms with van der Waals surface area (Å²) in [5.74, 6) is 4.46. The second-order valence-corrected chi connectivity index (χ2v) is 9.34. The van der Waals surface area contributed by atoms with E-state index < -0.39 is 0 Å². The fourth-order valence-corrected chi connectivity index (χ4v) is 6.00. The molecule has 6 heteroatoms. The minimum Gasteiger partial charge on any atom is -0.368 e. The van der Waals surface area contributed by atoms with E-state index in [4.69, 9.17) is 0 Å². The van der Waals surface area contributed by atoms with Gasteiger partial charge in [-0.25, -0.2) is 0 Å². The maximum atomic E-state index is 4.52. The number of rotatable bonds is 5. The van der Waals surface area contributed by atoms with Crippen molar-refractivity contribution in [2.45, 2.75) is 32.1 Å². The lowest BCUT2D eigenvalue weighted by Gasteiger charge is -2.35. The maximum Gasteiger partial charge on any atom is 0.177 e. The molecule has 0 amide bonds. The summed E-state index contributed by atoms with van der Waals surface area (Å²) in [6, 6.07) is 3.97. The molecule has 1 aliphatic heterocycles. The van der Waals surface area contributed by atoms with Crippen LogP contribution in [0.4, 0.5) is 5.82 Å². The normalized spacial score (nSPS) is 33.9. The summed E-state index contributed by atoms with van der Waals surface area (Å²) in [6.45, 7) is 4.99. The van der Waals surface area contributed by atoms with Crippen molar-refractivity contribution in [2.75, 3.05) is 31.5 Å². The van der Waals surface area contributed by atoms with E-state index in [0.29, 0.717) is 5.41 Å². The van der Waals surface area contributed by atoms with Gasteiger partial charge in [-0.2, -0.15) is 4.52 Å². The highest BCUT2D eigenvalue weighted by molar-refractivity contribution is 5.43. The summed E-state index contributed by atoms with van der Waals surface area (Å²) in [4.78, 5) is 2.76. The van der Waals surface area contributed by atoms with Crippen LogP contribution in [0, 0.1) is 29.1 Å². The largest absolute Gasteiger partial charge is 0.368 e. The van der Waals surface area contributed by atoms with Crippen molar-refractivity contribution in [3.05, 3.63) is 30.6 Å². The molecular weight excluding hydrogens is 336 g/mol. The zero-order valence-electron chi connectivity index (χ0n) is 15.8. The molecule has 0 radical (unpaired) electrons. The van der Waals surface area contributed by atoms with Crippen molar-refractivity contribution in [3.63, 3.8) is 0 Å². The van der Waals surface area contributed by atoms with Crippen molar-refractivity contribution in [3.8, 4) is 0 Å². The lowest BCUT2D eigenvalue weighted by Crippen LogP contribution is -2.39. The highest BCUT2D eigenvalue weighted by Gasteiger charge is 2.54. The van der Waals surface area contributed by atoms with Gasteiger partial charge in [-0.15, -0.1) is 15.3 Å². The SMILES string of the molecule is C1=CC2CC1CC2CN1CCC2(CC1)CC2CNc1ccc2nncn2n1. The Balaban J connectivity index is 0.997. The topological polar surface area (TPSA) is 58.3 Å². The van der Waals surface area contributed by atoms with E-state index in [1.807, 2.05) is 12.1 Å². The standard InChI is InChI=1S/C21H28N6/c1-2-16-9-15(1)10-17(16)13-26-7-5-21(6-8-26)11-18(21)12-22-19-3-4-20-24-23-14-27(20)25-19/h1-4,14-18H,5-13H2,(H,22,25). The Kier molecular flexibility index (Phi) is 3.58. The molecule has 1 spiro atoms. The lowest BCUT2D eigenvalue weighted by molar-refractivity contribution is 0.136. The molecule has 4 aliphatic rings. The van der Waals surface area contributed by atoms with E-state index in [0.717, 1.165) is 41.7 Å². The third-order valence-electron chi connectivity index (χ3n) is 7.81. The molecule has 1 N–H and O–H groups in total. The molecule has 4 unspecified atom stereocenters. The number of nitrogens with zero attached hydrogens (tertiary/aromatic N) is 5. The number of allylic oxidation sites excluding steroid dienone is 2. The van der Waals surface area contributed by atoms with E-state index >= 15 is 0 Å². The fourth-order valence-electron chi connectivity index (χ4n) is 6.00. The smallest absolute Gasteiger partial charge is 0.177 e. The minimum absolute atomic E-state index is 0.610. The van der Waals surface area contributed by atoms with Gasteiger partial charge in [0.05, 0.1) is 0 Å². The second kappa shape index (κ2) is 6.03. The average molecular weight is 364 g/mol. The Labute approximate surface area is 160 Å². The van der Waals surface area contributed by atoms with Crippen LogP contribution < -0.4 is 5.32 Å². The number of piperidine rings is 1. The van der Waals surface area contributed by atoms with E-state index in [1.165, 1.54) is 51.7 Å². The minimum atomic E-state index is 0.610. The summed E-state index contributed by atoms with van der Waals surface area (Å²) in [7, 11) is 0. The molecule has 6 rings (SSSR count). The predicted octanol–water partition coefficient (Wildman–Crippen LogP) is 2.85. The number of aromatic nitrogens is 4. The molecule has 6 nitrogen and oxygen atoms in total. The quantitative estimate of drug-likeness (QED) is 0.827. The number of likely N-dealkylation sites (tertiary alicyclic amines) is 1. The van der Waals surface area contributed by atoms with Crippen molar-refractivity contribution in [1.29, 1.82) is 0 Å². The third-order valence-corrected chi connectivity index (χ3v) is 7.81. The van der Waals surface area contributed by atoms with Gasteiger partial charge in [-0.1, -0.05) is 12.2 Å². The molecule has 2 aromatic rings. The molecule has 2 aromatic heterocycles. The molecule has 3 aliphatic carbocycles. The fraction of sp³-hybridized carbons (Fsp3) is 0.667. The van der Waals surface area contributed by atoms with E-state index in [-0.39, 0.29) is 0 Å². The van der Waals surface area contributed by atoms with Crippen molar-refractivity contribution in [1.82, 2.24) is 24.7 Å². The van der Waals surface area contributed by atoms with Crippen molar-refractivity contribution >= 4 is 11.5 Å². The molecule has 27 heavy (non-hydrogen) atoms. The van der Waals surface area contributed by atoms with Crippen LogP contribution in [-0.2, 0) is 0 Å². The highest BCUT2D eigenvalue weighted by atomic mass is 15.4. The van der Waals surface area contributed by atoms with Gasteiger partial charge in [0.15, 0.2) is 5.65 Å². The summed E-state index contributed by atoms with van der Waals surface area (Å²) in [6.07, 6.45) is 13.6. The van der Waals surface area contributed by atoms with Gasteiger partial charge in [0.25, 0.3) is 0 Å². The molecule has 4 atom stereocenters. The van der Waals surface area contributed by atoms with Crippen LogP contribution in [0.25, 0.3) is 5.65 Å². The Bertz CT molecular complexity index is 864. The van der Waals surface area contributed by atoms with Gasteiger partial charge in [-0.05, 0) is 86.4 Å².